The third kappa shape index (κ3) is 4.27. The Morgan fingerprint density at radius 2 is 2.10 bits per heavy atom. The van der Waals surface area contributed by atoms with Crippen LogP contribution in [0.3, 0.4) is 0 Å². The fraction of sp³-hybridized carbons (Fsp3) is 0.476. The molecule has 1 amide bonds. The first-order valence-corrected chi connectivity index (χ1v) is 12.1. The van der Waals surface area contributed by atoms with Crippen LogP contribution in [0.4, 0.5) is 4.39 Å². The molecule has 1 N–H and O–H groups in total. The molecule has 2 aliphatic rings. The number of rotatable bonds is 4. The van der Waals surface area contributed by atoms with Crippen LogP contribution in [0.15, 0.2) is 29.1 Å². The third-order valence-electron chi connectivity index (χ3n) is 5.96. The van der Waals surface area contributed by atoms with E-state index < -0.39 is 21.9 Å². The lowest BCUT2D eigenvalue weighted by molar-refractivity contribution is 0.0598. The average molecular weight is 449 g/mol. The maximum Gasteiger partial charge on any atom is 0.255 e. The van der Waals surface area contributed by atoms with Gasteiger partial charge in [-0.25, -0.2) is 17.8 Å². The first-order valence-electron chi connectivity index (χ1n) is 10.5. The summed E-state index contributed by atoms with van der Waals surface area (Å²) in [5.74, 6) is -0.401. The van der Waals surface area contributed by atoms with Gasteiger partial charge in [-0.05, 0) is 44.4 Å². The number of halogens is 1. The molecule has 0 unspecified atom stereocenters. The Bertz CT molecular complexity index is 1160. The van der Waals surface area contributed by atoms with Crippen LogP contribution in [0.1, 0.15) is 59.7 Å². The van der Waals surface area contributed by atoms with Gasteiger partial charge in [-0.3, -0.25) is 9.59 Å². The van der Waals surface area contributed by atoms with Crippen molar-refractivity contribution >= 4 is 15.9 Å². The molecular weight excluding hydrogens is 423 g/mol. The summed E-state index contributed by atoms with van der Waals surface area (Å²) in [4.78, 5) is 34.9. The van der Waals surface area contributed by atoms with Gasteiger partial charge in [-0.1, -0.05) is 6.07 Å². The van der Waals surface area contributed by atoms with Gasteiger partial charge in [0.15, 0.2) is 0 Å². The molecular formula is C21H25FN4O4S. The van der Waals surface area contributed by atoms with E-state index in [9.17, 15) is 22.4 Å². The van der Waals surface area contributed by atoms with Crippen molar-refractivity contribution in [3.05, 3.63) is 63.1 Å². The molecule has 2 aliphatic heterocycles. The molecule has 0 spiro atoms. The van der Waals surface area contributed by atoms with E-state index in [-0.39, 0.29) is 35.9 Å². The first-order chi connectivity index (χ1) is 14.8. The SMILES string of the molecule is CCS(=O)(=O)N1CCc2nc([C@@H]3CCCCN3C(=O)c3cccc(F)c3)[nH]c(=O)c2C1. The van der Waals surface area contributed by atoms with E-state index in [2.05, 4.69) is 9.97 Å². The number of amides is 1. The molecule has 10 heteroatoms. The molecule has 2 aromatic rings. The Morgan fingerprint density at radius 1 is 1.29 bits per heavy atom. The normalized spacial score (nSPS) is 19.8. The summed E-state index contributed by atoms with van der Waals surface area (Å²) in [6.07, 6.45) is 2.67. The van der Waals surface area contributed by atoms with E-state index in [0.717, 1.165) is 12.8 Å². The number of fused-ring (bicyclic) bond motifs is 1. The zero-order valence-electron chi connectivity index (χ0n) is 17.3. The molecule has 0 saturated carbocycles. The van der Waals surface area contributed by atoms with Crippen LogP contribution >= 0.6 is 0 Å². The van der Waals surface area contributed by atoms with Gasteiger partial charge in [0.2, 0.25) is 10.0 Å². The lowest BCUT2D eigenvalue weighted by atomic mass is 9.99. The maximum atomic E-state index is 13.6. The Balaban J connectivity index is 1.65. The van der Waals surface area contributed by atoms with Crippen molar-refractivity contribution in [3.63, 3.8) is 0 Å². The zero-order valence-corrected chi connectivity index (χ0v) is 18.1. The van der Waals surface area contributed by atoms with Crippen LogP contribution in [-0.2, 0) is 23.0 Å². The van der Waals surface area contributed by atoms with Gasteiger partial charge in [0.05, 0.1) is 23.1 Å². The monoisotopic (exact) mass is 448 g/mol. The fourth-order valence-electron chi connectivity index (χ4n) is 4.24. The largest absolute Gasteiger partial charge is 0.328 e. The second kappa shape index (κ2) is 8.51. The number of likely N-dealkylation sites (tertiary alicyclic amines) is 1. The Hall–Kier alpha value is -2.59. The number of piperidine rings is 1. The molecule has 0 radical (unpaired) electrons. The van der Waals surface area contributed by atoms with Gasteiger partial charge in [-0.2, -0.15) is 4.31 Å². The number of benzene rings is 1. The Kier molecular flexibility index (Phi) is 5.94. The number of carbonyl (C=O) groups is 1. The van der Waals surface area contributed by atoms with Gasteiger partial charge >= 0.3 is 0 Å². The number of nitrogens with one attached hydrogen (secondary N) is 1. The predicted molar refractivity (Wildman–Crippen MR) is 112 cm³/mol. The lowest BCUT2D eigenvalue weighted by Gasteiger charge is -2.35. The molecule has 4 rings (SSSR count). The molecule has 166 valence electrons. The highest BCUT2D eigenvalue weighted by atomic mass is 32.2. The average Bonchev–Trinajstić information content (AvgIpc) is 2.78. The smallest absolute Gasteiger partial charge is 0.255 e. The second-order valence-electron chi connectivity index (χ2n) is 7.88. The number of hydrogen-bond acceptors (Lipinski definition) is 5. The summed E-state index contributed by atoms with van der Waals surface area (Å²) in [7, 11) is -3.40. The molecule has 1 saturated heterocycles. The van der Waals surface area contributed by atoms with E-state index in [4.69, 9.17) is 0 Å². The summed E-state index contributed by atoms with van der Waals surface area (Å²) in [6.45, 7) is 2.34. The van der Waals surface area contributed by atoms with Crippen molar-refractivity contribution in [1.82, 2.24) is 19.2 Å². The maximum absolute atomic E-state index is 13.6. The third-order valence-corrected chi connectivity index (χ3v) is 7.79. The van der Waals surface area contributed by atoms with E-state index >= 15 is 0 Å². The summed E-state index contributed by atoms with van der Waals surface area (Å²) < 4.78 is 39.3. The highest BCUT2D eigenvalue weighted by Gasteiger charge is 2.33. The van der Waals surface area contributed by atoms with Crippen molar-refractivity contribution in [3.8, 4) is 0 Å². The number of nitrogens with zero attached hydrogens (tertiary/aromatic N) is 3. The van der Waals surface area contributed by atoms with Crippen molar-refractivity contribution < 1.29 is 17.6 Å². The first kappa shape index (κ1) is 21.6. The van der Waals surface area contributed by atoms with Crippen LogP contribution in [0.5, 0.6) is 0 Å². The van der Waals surface area contributed by atoms with Crippen molar-refractivity contribution in [2.75, 3.05) is 18.8 Å². The molecule has 8 nitrogen and oxygen atoms in total. The number of carbonyl (C=O) groups excluding carboxylic acids is 1. The standard InChI is InChI=1S/C21H25FN4O4S/c1-2-31(29,30)25-11-9-17-16(13-25)20(27)24-19(23-17)18-8-3-4-10-26(18)21(28)14-6-5-7-15(22)12-14/h5-7,12,18H,2-4,8-11,13H2,1H3,(H,23,24,27)/t18-/m0/s1. The molecule has 1 aromatic carbocycles. The van der Waals surface area contributed by atoms with Gasteiger partial charge < -0.3 is 9.88 Å². The molecule has 0 bridgehead atoms. The van der Waals surface area contributed by atoms with Crippen LogP contribution < -0.4 is 5.56 Å². The summed E-state index contributed by atoms with van der Waals surface area (Å²) in [5.41, 5.74) is 0.809. The van der Waals surface area contributed by atoms with Gasteiger partial charge in [0.1, 0.15) is 11.6 Å². The summed E-state index contributed by atoms with van der Waals surface area (Å²) in [5, 5.41) is 0. The summed E-state index contributed by atoms with van der Waals surface area (Å²) >= 11 is 0. The highest BCUT2D eigenvalue weighted by molar-refractivity contribution is 7.89. The van der Waals surface area contributed by atoms with Crippen molar-refractivity contribution in [2.45, 2.75) is 45.2 Å². The molecule has 1 atom stereocenters. The van der Waals surface area contributed by atoms with Crippen LogP contribution in [0.25, 0.3) is 0 Å². The Labute approximate surface area is 180 Å². The predicted octanol–water partition coefficient (Wildman–Crippen LogP) is 1.98. The topological polar surface area (TPSA) is 103 Å². The van der Waals surface area contributed by atoms with Gasteiger partial charge in [-0.15, -0.1) is 0 Å². The molecule has 1 aromatic heterocycles. The molecule has 3 heterocycles. The second-order valence-corrected chi connectivity index (χ2v) is 10.1. The number of H-pyrrole nitrogens is 1. The van der Waals surface area contributed by atoms with E-state index in [1.807, 2.05) is 0 Å². The van der Waals surface area contributed by atoms with Crippen LogP contribution in [0, 0.1) is 5.82 Å². The van der Waals surface area contributed by atoms with E-state index in [1.165, 1.54) is 22.5 Å². The number of aromatic nitrogens is 2. The quantitative estimate of drug-likeness (QED) is 0.770. The molecule has 0 aliphatic carbocycles. The molecule has 1 fully saturated rings. The Morgan fingerprint density at radius 3 is 2.84 bits per heavy atom. The summed E-state index contributed by atoms with van der Waals surface area (Å²) in [6, 6.07) is 5.15. The minimum absolute atomic E-state index is 0.00469. The van der Waals surface area contributed by atoms with Crippen molar-refractivity contribution in [2.24, 2.45) is 0 Å². The number of hydrogen-bond donors (Lipinski definition) is 1. The van der Waals surface area contributed by atoms with E-state index in [1.54, 1.807) is 17.9 Å². The van der Waals surface area contributed by atoms with E-state index in [0.29, 0.717) is 36.5 Å². The zero-order chi connectivity index (χ0) is 22.2. The lowest BCUT2D eigenvalue weighted by Crippen LogP contribution is -2.43. The van der Waals surface area contributed by atoms with Gasteiger partial charge in [0.25, 0.3) is 11.5 Å². The van der Waals surface area contributed by atoms with Crippen molar-refractivity contribution in [1.29, 1.82) is 0 Å². The number of sulfonamides is 1. The van der Waals surface area contributed by atoms with Crippen LogP contribution in [-0.4, -0.2) is 52.3 Å². The van der Waals surface area contributed by atoms with Gasteiger partial charge in [0, 0.05) is 31.6 Å². The minimum atomic E-state index is -3.40. The highest BCUT2D eigenvalue weighted by Crippen LogP contribution is 2.31. The molecule has 31 heavy (non-hydrogen) atoms. The fourth-order valence-corrected chi connectivity index (χ4v) is 5.30. The van der Waals surface area contributed by atoms with Crippen LogP contribution in [0.2, 0.25) is 0 Å². The minimum Gasteiger partial charge on any atom is -0.328 e. The number of aromatic amines is 1.